The summed E-state index contributed by atoms with van der Waals surface area (Å²) in [5.41, 5.74) is 3.37. The van der Waals surface area contributed by atoms with Crippen LogP contribution in [0.15, 0.2) is 54.6 Å². The van der Waals surface area contributed by atoms with Gasteiger partial charge in [0.1, 0.15) is 0 Å². The van der Waals surface area contributed by atoms with Gasteiger partial charge in [0.25, 0.3) is 5.91 Å². The second-order valence-electron chi connectivity index (χ2n) is 6.86. The zero-order valence-electron chi connectivity index (χ0n) is 14.6. The summed E-state index contributed by atoms with van der Waals surface area (Å²) >= 11 is 0. The molecule has 0 bridgehead atoms. The van der Waals surface area contributed by atoms with Gasteiger partial charge in [0.05, 0.1) is 0 Å². The van der Waals surface area contributed by atoms with Crippen molar-refractivity contribution in [3.8, 4) is 0 Å². The molecule has 0 spiro atoms. The predicted molar refractivity (Wildman–Crippen MR) is 102 cm³/mol. The SMILES string of the molecule is O=C(c1ccccc1)N1CCN(c2ccc(N3CCCC3)cc2)CC1. The van der Waals surface area contributed by atoms with Crippen molar-refractivity contribution < 1.29 is 4.79 Å². The largest absolute Gasteiger partial charge is 0.372 e. The average Bonchev–Trinajstić information content (AvgIpc) is 3.23. The summed E-state index contributed by atoms with van der Waals surface area (Å²) < 4.78 is 0. The lowest BCUT2D eigenvalue weighted by molar-refractivity contribution is 0.0747. The maximum Gasteiger partial charge on any atom is 0.253 e. The number of carbonyl (C=O) groups is 1. The second kappa shape index (κ2) is 7.18. The quantitative estimate of drug-likeness (QED) is 0.861. The van der Waals surface area contributed by atoms with E-state index in [-0.39, 0.29) is 5.91 Å². The van der Waals surface area contributed by atoms with Crippen LogP contribution in [0.3, 0.4) is 0 Å². The molecule has 2 aliphatic rings. The third kappa shape index (κ3) is 3.48. The molecule has 2 heterocycles. The van der Waals surface area contributed by atoms with Gasteiger partial charge in [-0.05, 0) is 49.2 Å². The van der Waals surface area contributed by atoms with Gasteiger partial charge in [0.2, 0.25) is 0 Å². The average molecular weight is 335 g/mol. The Morgan fingerprint density at radius 1 is 0.640 bits per heavy atom. The van der Waals surface area contributed by atoms with E-state index in [1.165, 1.54) is 37.3 Å². The lowest BCUT2D eigenvalue weighted by Gasteiger charge is -2.36. The number of anilines is 2. The fourth-order valence-corrected chi connectivity index (χ4v) is 3.78. The molecule has 2 saturated heterocycles. The van der Waals surface area contributed by atoms with Gasteiger partial charge in [-0.25, -0.2) is 0 Å². The van der Waals surface area contributed by atoms with Gasteiger partial charge >= 0.3 is 0 Å². The highest BCUT2D eigenvalue weighted by molar-refractivity contribution is 5.94. The minimum atomic E-state index is 0.143. The highest BCUT2D eigenvalue weighted by atomic mass is 16.2. The van der Waals surface area contributed by atoms with Crippen LogP contribution in [0, 0.1) is 0 Å². The van der Waals surface area contributed by atoms with E-state index in [2.05, 4.69) is 34.1 Å². The van der Waals surface area contributed by atoms with Gasteiger partial charge in [-0.15, -0.1) is 0 Å². The number of carbonyl (C=O) groups excluding carboxylic acids is 1. The zero-order valence-corrected chi connectivity index (χ0v) is 14.6. The van der Waals surface area contributed by atoms with Crippen LogP contribution in [0.2, 0.25) is 0 Å². The van der Waals surface area contributed by atoms with Gasteiger partial charge in [0, 0.05) is 56.2 Å². The van der Waals surface area contributed by atoms with Crippen LogP contribution in [0.25, 0.3) is 0 Å². The number of hydrogen-bond donors (Lipinski definition) is 0. The Labute approximate surface area is 149 Å². The summed E-state index contributed by atoms with van der Waals surface area (Å²) in [6, 6.07) is 18.5. The molecule has 0 atom stereocenters. The fraction of sp³-hybridized carbons (Fsp3) is 0.381. The first-order valence-corrected chi connectivity index (χ1v) is 9.25. The molecule has 4 nitrogen and oxygen atoms in total. The van der Waals surface area contributed by atoms with Crippen LogP contribution in [-0.2, 0) is 0 Å². The minimum absolute atomic E-state index is 0.143. The van der Waals surface area contributed by atoms with Crippen LogP contribution in [0.5, 0.6) is 0 Å². The molecule has 2 fully saturated rings. The second-order valence-corrected chi connectivity index (χ2v) is 6.86. The van der Waals surface area contributed by atoms with E-state index in [4.69, 9.17) is 0 Å². The Hall–Kier alpha value is -2.49. The number of benzene rings is 2. The van der Waals surface area contributed by atoms with Crippen LogP contribution in [0.1, 0.15) is 23.2 Å². The molecule has 0 saturated carbocycles. The summed E-state index contributed by atoms with van der Waals surface area (Å²) in [7, 11) is 0. The van der Waals surface area contributed by atoms with Crippen molar-refractivity contribution in [3.63, 3.8) is 0 Å². The van der Waals surface area contributed by atoms with Crippen molar-refractivity contribution in [2.24, 2.45) is 0 Å². The van der Waals surface area contributed by atoms with E-state index in [0.29, 0.717) is 0 Å². The van der Waals surface area contributed by atoms with Crippen molar-refractivity contribution in [2.75, 3.05) is 49.1 Å². The highest BCUT2D eigenvalue weighted by Crippen LogP contribution is 2.24. The first-order chi connectivity index (χ1) is 12.3. The van der Waals surface area contributed by atoms with E-state index in [9.17, 15) is 4.79 Å². The van der Waals surface area contributed by atoms with Crippen molar-refractivity contribution in [3.05, 3.63) is 60.2 Å². The summed E-state index contributed by atoms with van der Waals surface area (Å²) in [5.74, 6) is 0.143. The van der Waals surface area contributed by atoms with Gasteiger partial charge < -0.3 is 14.7 Å². The fourth-order valence-electron chi connectivity index (χ4n) is 3.78. The Morgan fingerprint density at radius 2 is 1.16 bits per heavy atom. The van der Waals surface area contributed by atoms with Crippen molar-refractivity contribution in [1.29, 1.82) is 0 Å². The molecule has 0 unspecified atom stereocenters. The molecule has 25 heavy (non-hydrogen) atoms. The maximum absolute atomic E-state index is 12.5. The molecular formula is C21H25N3O. The minimum Gasteiger partial charge on any atom is -0.372 e. The topological polar surface area (TPSA) is 26.8 Å². The van der Waals surface area contributed by atoms with E-state index in [1.54, 1.807) is 0 Å². The maximum atomic E-state index is 12.5. The molecule has 2 aromatic rings. The van der Waals surface area contributed by atoms with Gasteiger partial charge in [-0.1, -0.05) is 18.2 Å². The van der Waals surface area contributed by atoms with Gasteiger partial charge in [0.15, 0.2) is 0 Å². The summed E-state index contributed by atoms with van der Waals surface area (Å²) in [4.78, 5) is 19.3. The normalized spacial score (nSPS) is 17.8. The van der Waals surface area contributed by atoms with Crippen LogP contribution >= 0.6 is 0 Å². The van der Waals surface area contributed by atoms with Crippen LogP contribution < -0.4 is 9.80 Å². The lowest BCUT2D eigenvalue weighted by atomic mass is 10.1. The number of hydrogen-bond acceptors (Lipinski definition) is 3. The molecule has 4 rings (SSSR count). The number of amides is 1. The van der Waals surface area contributed by atoms with E-state index in [0.717, 1.165) is 31.7 Å². The Kier molecular flexibility index (Phi) is 4.59. The van der Waals surface area contributed by atoms with Crippen molar-refractivity contribution in [2.45, 2.75) is 12.8 Å². The van der Waals surface area contributed by atoms with Crippen LogP contribution in [0.4, 0.5) is 11.4 Å². The first kappa shape index (κ1) is 16.0. The molecule has 0 aliphatic carbocycles. The third-order valence-electron chi connectivity index (χ3n) is 5.27. The van der Waals surface area contributed by atoms with Crippen molar-refractivity contribution >= 4 is 17.3 Å². The summed E-state index contributed by atoms with van der Waals surface area (Å²) in [5, 5.41) is 0. The molecule has 0 N–H and O–H groups in total. The number of rotatable bonds is 3. The molecule has 2 aliphatic heterocycles. The van der Waals surface area contributed by atoms with Crippen molar-refractivity contribution in [1.82, 2.24) is 4.90 Å². The highest BCUT2D eigenvalue weighted by Gasteiger charge is 2.22. The Morgan fingerprint density at radius 3 is 1.72 bits per heavy atom. The number of nitrogens with zero attached hydrogens (tertiary/aromatic N) is 3. The van der Waals surface area contributed by atoms with E-state index in [1.807, 2.05) is 35.2 Å². The van der Waals surface area contributed by atoms with Gasteiger partial charge in [-0.2, -0.15) is 0 Å². The molecule has 0 radical (unpaired) electrons. The van der Waals surface area contributed by atoms with E-state index < -0.39 is 0 Å². The predicted octanol–water partition coefficient (Wildman–Crippen LogP) is 3.25. The molecule has 1 amide bonds. The molecule has 2 aromatic carbocycles. The molecule has 130 valence electrons. The number of piperazine rings is 1. The lowest BCUT2D eigenvalue weighted by Crippen LogP contribution is -2.48. The Bertz CT molecular complexity index is 700. The molecule has 0 aromatic heterocycles. The summed E-state index contributed by atoms with van der Waals surface area (Å²) in [6.45, 7) is 5.70. The monoisotopic (exact) mass is 335 g/mol. The zero-order chi connectivity index (χ0) is 17.1. The molecular weight excluding hydrogens is 310 g/mol. The first-order valence-electron chi connectivity index (χ1n) is 9.25. The van der Waals surface area contributed by atoms with E-state index >= 15 is 0 Å². The molecule has 4 heteroatoms. The summed E-state index contributed by atoms with van der Waals surface area (Å²) in [6.07, 6.45) is 2.61. The van der Waals surface area contributed by atoms with Crippen LogP contribution in [-0.4, -0.2) is 50.1 Å². The van der Waals surface area contributed by atoms with Gasteiger partial charge in [-0.3, -0.25) is 4.79 Å². The smallest absolute Gasteiger partial charge is 0.253 e. The Balaban J connectivity index is 1.36. The third-order valence-corrected chi connectivity index (χ3v) is 5.27. The standard InChI is InChI=1S/C21H25N3O/c25-21(18-6-2-1-3-7-18)24-16-14-23(15-17-24)20-10-8-19(9-11-20)22-12-4-5-13-22/h1-3,6-11H,4-5,12-17H2.